The summed E-state index contributed by atoms with van der Waals surface area (Å²) in [6.07, 6.45) is 1.88. The minimum Gasteiger partial charge on any atom is -0.400 e. The van der Waals surface area contributed by atoms with Crippen LogP contribution in [0, 0.1) is 0 Å². The Bertz CT molecular complexity index is 571. The van der Waals surface area contributed by atoms with Crippen LogP contribution in [0.3, 0.4) is 0 Å². The van der Waals surface area contributed by atoms with Crippen molar-refractivity contribution in [2.45, 2.75) is 45.5 Å². The Balaban J connectivity index is 2.33. The van der Waals surface area contributed by atoms with E-state index < -0.39 is 18.3 Å². The molecular formula is C16H23BClNO3. The molecule has 1 aliphatic heterocycles. The first-order valence-corrected chi connectivity index (χ1v) is 7.73. The molecule has 0 aliphatic carbocycles. The maximum absolute atomic E-state index is 9.26. The molecule has 0 atom stereocenters. The van der Waals surface area contributed by atoms with Gasteiger partial charge in [0.15, 0.2) is 0 Å². The lowest BCUT2D eigenvalue weighted by atomic mass is 9.77. The molecule has 0 radical (unpaired) electrons. The van der Waals surface area contributed by atoms with Crippen LogP contribution in [-0.4, -0.2) is 30.0 Å². The van der Waals surface area contributed by atoms with Crippen molar-refractivity contribution in [1.82, 2.24) is 0 Å². The third-order valence-corrected chi connectivity index (χ3v) is 4.72. The quantitative estimate of drug-likeness (QED) is 0.836. The molecule has 4 nitrogen and oxygen atoms in total. The summed E-state index contributed by atoms with van der Waals surface area (Å²) in [6.45, 7) is 8.27. The molecule has 1 fully saturated rings. The first-order valence-electron chi connectivity index (χ1n) is 7.35. The Kier molecular flexibility index (Phi) is 5.04. The minimum atomic E-state index is -0.496. The zero-order chi connectivity index (χ0) is 16.5. The zero-order valence-electron chi connectivity index (χ0n) is 13.5. The summed E-state index contributed by atoms with van der Waals surface area (Å²) in [4.78, 5) is 0. The smallest absolute Gasteiger partial charge is 0.400 e. The van der Waals surface area contributed by atoms with Gasteiger partial charge in [0.2, 0.25) is 0 Å². The summed E-state index contributed by atoms with van der Waals surface area (Å²) in [5, 5.41) is 9.85. The van der Waals surface area contributed by atoms with Crippen molar-refractivity contribution >= 4 is 24.8 Å². The molecule has 22 heavy (non-hydrogen) atoms. The number of benzene rings is 1. The molecule has 0 amide bonds. The Labute approximate surface area is 137 Å². The lowest BCUT2D eigenvalue weighted by Gasteiger charge is -2.32. The summed E-state index contributed by atoms with van der Waals surface area (Å²) in [6, 6.07) is 5.39. The molecule has 0 saturated carbocycles. The highest BCUT2D eigenvalue weighted by molar-refractivity contribution is 6.56. The van der Waals surface area contributed by atoms with Gasteiger partial charge in [-0.15, -0.1) is 0 Å². The minimum absolute atomic E-state index is 0.0353. The molecule has 0 aromatic heterocycles. The zero-order valence-corrected chi connectivity index (χ0v) is 14.3. The first-order chi connectivity index (χ1) is 10.2. The van der Waals surface area contributed by atoms with E-state index in [2.05, 4.69) is 0 Å². The van der Waals surface area contributed by atoms with Gasteiger partial charge in [-0.25, -0.2) is 0 Å². The molecule has 6 heteroatoms. The fourth-order valence-corrected chi connectivity index (χ4v) is 2.39. The van der Waals surface area contributed by atoms with Crippen LogP contribution in [0.4, 0.5) is 0 Å². The van der Waals surface area contributed by atoms with Crippen molar-refractivity contribution in [3.8, 4) is 0 Å². The van der Waals surface area contributed by atoms with Crippen molar-refractivity contribution in [1.29, 1.82) is 0 Å². The van der Waals surface area contributed by atoms with E-state index in [0.29, 0.717) is 11.6 Å². The molecule has 3 N–H and O–H groups in total. The molecule has 1 aliphatic rings. The van der Waals surface area contributed by atoms with E-state index in [9.17, 15) is 5.11 Å². The topological polar surface area (TPSA) is 64.7 Å². The lowest BCUT2D eigenvalue weighted by Crippen LogP contribution is -2.41. The van der Waals surface area contributed by atoms with E-state index in [-0.39, 0.29) is 6.61 Å². The molecule has 0 spiro atoms. The number of nitrogens with two attached hydrogens (primary N) is 1. The van der Waals surface area contributed by atoms with Gasteiger partial charge in [0.25, 0.3) is 0 Å². The van der Waals surface area contributed by atoms with E-state index in [1.54, 1.807) is 12.1 Å². The fraction of sp³-hybridized carbons (Fsp3) is 0.500. The van der Waals surface area contributed by atoms with Gasteiger partial charge in [0.1, 0.15) is 0 Å². The Hall–Kier alpha value is -0.845. The van der Waals surface area contributed by atoms with Gasteiger partial charge < -0.3 is 20.1 Å². The van der Waals surface area contributed by atoms with Gasteiger partial charge in [-0.2, -0.15) is 0 Å². The van der Waals surface area contributed by atoms with E-state index in [4.69, 9.17) is 26.6 Å². The van der Waals surface area contributed by atoms with Crippen molar-refractivity contribution in [2.24, 2.45) is 5.73 Å². The van der Waals surface area contributed by atoms with Crippen LogP contribution in [0.1, 0.15) is 38.8 Å². The Morgan fingerprint density at radius 1 is 1.27 bits per heavy atom. The third kappa shape index (κ3) is 3.39. The molecule has 120 valence electrons. The average molecular weight is 324 g/mol. The van der Waals surface area contributed by atoms with Crippen LogP contribution >= 0.6 is 11.6 Å². The molecular weight excluding hydrogens is 300 g/mol. The molecule has 1 aromatic carbocycles. The van der Waals surface area contributed by atoms with Gasteiger partial charge in [0, 0.05) is 11.6 Å². The van der Waals surface area contributed by atoms with Crippen molar-refractivity contribution in [3.05, 3.63) is 39.8 Å². The molecule has 1 heterocycles. The molecule has 0 unspecified atom stereocenters. The lowest BCUT2D eigenvalue weighted by molar-refractivity contribution is 0.00578. The van der Waals surface area contributed by atoms with Crippen LogP contribution in [-0.2, 0) is 15.9 Å². The highest BCUT2D eigenvalue weighted by Gasteiger charge is 2.52. The predicted molar refractivity (Wildman–Crippen MR) is 90.5 cm³/mol. The molecule has 0 bridgehead atoms. The molecule has 1 aromatic rings. The van der Waals surface area contributed by atoms with Crippen LogP contribution in [0.2, 0.25) is 5.02 Å². The van der Waals surface area contributed by atoms with Crippen LogP contribution in [0.5, 0.6) is 0 Å². The van der Waals surface area contributed by atoms with Gasteiger partial charge in [0.05, 0.1) is 17.8 Å². The highest BCUT2D eigenvalue weighted by atomic mass is 35.5. The van der Waals surface area contributed by atoms with Gasteiger partial charge in [-0.3, -0.25) is 0 Å². The SMILES string of the molecule is CC1(C)OB(C(=Cc2cc(CO)ccc2Cl)CN)OC1(C)C. The largest absolute Gasteiger partial charge is 0.491 e. The maximum atomic E-state index is 9.26. The maximum Gasteiger partial charge on any atom is 0.491 e. The van der Waals surface area contributed by atoms with Crippen LogP contribution < -0.4 is 5.73 Å². The first kappa shape index (κ1) is 17.5. The molecule has 2 rings (SSSR count). The number of hydrogen-bond donors (Lipinski definition) is 2. The van der Waals surface area contributed by atoms with Crippen molar-refractivity contribution in [2.75, 3.05) is 6.54 Å². The number of halogens is 1. The summed E-state index contributed by atoms with van der Waals surface area (Å²) >= 11 is 6.22. The number of aliphatic hydroxyl groups excluding tert-OH is 1. The third-order valence-electron chi connectivity index (χ3n) is 4.38. The summed E-state index contributed by atoms with van der Waals surface area (Å²) < 4.78 is 12.0. The van der Waals surface area contributed by atoms with Gasteiger partial charge in [-0.05, 0) is 56.4 Å². The van der Waals surface area contributed by atoms with Crippen LogP contribution in [0.25, 0.3) is 6.08 Å². The number of rotatable bonds is 4. The second-order valence-electron chi connectivity index (χ2n) is 6.53. The standard InChI is InChI=1S/C16H23BClNO3/c1-15(2)16(3,4)22-17(21-15)13(9-19)8-12-7-11(10-20)5-6-14(12)18/h5-8,20H,9-10,19H2,1-4H3. The fourth-order valence-electron chi connectivity index (χ4n) is 2.22. The van der Waals surface area contributed by atoms with E-state index in [1.807, 2.05) is 39.8 Å². The summed E-state index contributed by atoms with van der Waals surface area (Å²) in [5.41, 5.74) is 7.45. The average Bonchev–Trinajstić information content (AvgIpc) is 2.66. The number of hydrogen-bond acceptors (Lipinski definition) is 4. The van der Waals surface area contributed by atoms with E-state index >= 15 is 0 Å². The summed E-state index contributed by atoms with van der Waals surface area (Å²) in [5.74, 6) is 0. The van der Waals surface area contributed by atoms with Crippen molar-refractivity contribution in [3.63, 3.8) is 0 Å². The number of aliphatic hydroxyl groups is 1. The predicted octanol–water partition coefficient (Wildman–Crippen LogP) is 2.81. The van der Waals surface area contributed by atoms with Gasteiger partial charge in [-0.1, -0.05) is 23.7 Å². The van der Waals surface area contributed by atoms with Crippen molar-refractivity contribution < 1.29 is 14.4 Å². The molecule has 1 saturated heterocycles. The summed E-state index contributed by atoms with van der Waals surface area (Å²) in [7, 11) is -0.496. The second-order valence-corrected chi connectivity index (χ2v) is 6.93. The normalized spacial score (nSPS) is 20.5. The monoisotopic (exact) mass is 323 g/mol. The van der Waals surface area contributed by atoms with Gasteiger partial charge >= 0.3 is 7.12 Å². The van der Waals surface area contributed by atoms with E-state index in [0.717, 1.165) is 16.6 Å². The Morgan fingerprint density at radius 2 is 1.86 bits per heavy atom. The highest BCUT2D eigenvalue weighted by Crippen LogP contribution is 2.38. The van der Waals surface area contributed by atoms with E-state index in [1.165, 1.54) is 0 Å². The van der Waals surface area contributed by atoms with Crippen LogP contribution in [0.15, 0.2) is 23.7 Å². The Morgan fingerprint density at radius 3 is 2.36 bits per heavy atom. The second kappa shape index (κ2) is 6.34.